The Labute approximate surface area is 165 Å². The molecule has 2 amide bonds. The van der Waals surface area contributed by atoms with Gasteiger partial charge in [-0.05, 0) is 30.9 Å². The number of carbonyl (C=O) groups is 2. The molecular weight excluding hydrogens is 356 g/mol. The van der Waals surface area contributed by atoms with Gasteiger partial charge in [0.2, 0.25) is 11.8 Å². The van der Waals surface area contributed by atoms with Gasteiger partial charge in [0.15, 0.2) is 5.82 Å². The van der Waals surface area contributed by atoms with Gasteiger partial charge < -0.3 is 19.6 Å². The number of aromatic nitrogens is 1. The molecule has 1 fully saturated rings. The maximum Gasteiger partial charge on any atom is 0.247 e. The van der Waals surface area contributed by atoms with Crippen molar-refractivity contribution in [2.24, 2.45) is 0 Å². The Bertz CT molecular complexity index is 768. The maximum atomic E-state index is 12.7. The Hall–Kier alpha value is -2.93. The molecule has 2 N–H and O–H groups in total. The third-order valence-electron chi connectivity index (χ3n) is 4.87. The van der Waals surface area contributed by atoms with Crippen molar-refractivity contribution in [3.63, 3.8) is 0 Å². The fourth-order valence-electron chi connectivity index (χ4n) is 3.33. The second-order valence-electron chi connectivity index (χ2n) is 7.00. The fourth-order valence-corrected chi connectivity index (χ4v) is 3.33. The summed E-state index contributed by atoms with van der Waals surface area (Å²) in [5.41, 5.74) is 0.949. The zero-order valence-corrected chi connectivity index (χ0v) is 16.0. The van der Waals surface area contributed by atoms with Crippen molar-refractivity contribution < 1.29 is 19.0 Å². The number of rotatable bonds is 8. The quantitative estimate of drug-likeness (QED) is 0.672. The lowest BCUT2D eigenvalue weighted by Gasteiger charge is -2.27. The number of hydrogen-bond donors (Lipinski definition) is 2. The van der Waals surface area contributed by atoms with Gasteiger partial charge in [-0.25, -0.2) is 0 Å². The number of nitrogens with zero attached hydrogens (tertiary/aromatic N) is 2. The first-order chi connectivity index (χ1) is 13.7. The minimum absolute atomic E-state index is 0.0158. The molecule has 0 atom stereocenters. The zero-order valence-electron chi connectivity index (χ0n) is 16.0. The summed E-state index contributed by atoms with van der Waals surface area (Å²) in [5.74, 6) is -0.113. The van der Waals surface area contributed by atoms with Gasteiger partial charge >= 0.3 is 0 Å². The minimum Gasteiger partial charge on any atom is -0.363 e. The van der Waals surface area contributed by atoms with Crippen LogP contribution >= 0.6 is 0 Å². The fraction of sp³-hybridized carbons (Fsp3) is 0.381. The lowest BCUT2D eigenvalue weighted by molar-refractivity contribution is -0.904. The number of piperidine rings is 1. The first kappa shape index (κ1) is 19.8. The second-order valence-corrected chi connectivity index (χ2v) is 7.00. The first-order valence-electron chi connectivity index (χ1n) is 9.76. The molecule has 0 bridgehead atoms. The van der Waals surface area contributed by atoms with Crippen LogP contribution in [0.5, 0.6) is 0 Å². The van der Waals surface area contributed by atoms with Crippen LogP contribution in [0.3, 0.4) is 0 Å². The normalized spacial score (nSPS) is 14.9. The predicted molar refractivity (Wildman–Crippen MR) is 107 cm³/mol. The highest BCUT2D eigenvalue weighted by atomic mass is 16.5. The largest absolute Gasteiger partial charge is 0.363 e. The lowest BCUT2D eigenvalue weighted by Crippen LogP contribution is -3.13. The van der Waals surface area contributed by atoms with Crippen molar-refractivity contribution in [3.8, 4) is 0 Å². The Morgan fingerprint density at radius 2 is 1.93 bits per heavy atom. The summed E-state index contributed by atoms with van der Waals surface area (Å²) in [5, 5.41) is 6.33. The van der Waals surface area contributed by atoms with E-state index in [4.69, 9.17) is 4.52 Å². The van der Waals surface area contributed by atoms with Gasteiger partial charge in [0, 0.05) is 12.1 Å². The molecule has 7 nitrogen and oxygen atoms in total. The summed E-state index contributed by atoms with van der Waals surface area (Å²) in [6.45, 7) is 3.64. The number of amides is 2. The summed E-state index contributed by atoms with van der Waals surface area (Å²) in [4.78, 5) is 28.2. The highest BCUT2D eigenvalue weighted by Crippen LogP contribution is 2.04. The molecule has 0 saturated carbocycles. The number of benzene rings is 1. The number of quaternary nitrogens is 1. The van der Waals surface area contributed by atoms with Gasteiger partial charge in [-0.3, -0.25) is 9.59 Å². The van der Waals surface area contributed by atoms with Gasteiger partial charge in [0.1, 0.15) is 12.8 Å². The monoisotopic (exact) mass is 383 g/mol. The molecule has 28 heavy (non-hydrogen) atoms. The van der Waals surface area contributed by atoms with Crippen LogP contribution in [0.15, 0.2) is 53.3 Å². The van der Waals surface area contributed by atoms with E-state index in [1.165, 1.54) is 36.5 Å². The molecule has 0 radical (unpaired) electrons. The molecule has 1 aliphatic heterocycles. The highest BCUT2D eigenvalue weighted by Gasteiger charge is 2.20. The molecule has 1 aromatic carbocycles. The molecule has 1 saturated heterocycles. The van der Waals surface area contributed by atoms with E-state index in [-0.39, 0.29) is 18.4 Å². The van der Waals surface area contributed by atoms with Crippen molar-refractivity contribution in [1.29, 1.82) is 0 Å². The van der Waals surface area contributed by atoms with E-state index in [9.17, 15) is 9.59 Å². The maximum absolute atomic E-state index is 12.7. The van der Waals surface area contributed by atoms with Crippen molar-refractivity contribution in [3.05, 3.63) is 54.3 Å². The summed E-state index contributed by atoms with van der Waals surface area (Å²) >= 11 is 0. The van der Waals surface area contributed by atoms with E-state index in [2.05, 4.69) is 10.5 Å². The van der Waals surface area contributed by atoms with Gasteiger partial charge in [0.25, 0.3) is 0 Å². The smallest absolute Gasteiger partial charge is 0.247 e. The van der Waals surface area contributed by atoms with Gasteiger partial charge in [-0.1, -0.05) is 35.5 Å². The van der Waals surface area contributed by atoms with E-state index in [0.29, 0.717) is 12.4 Å². The molecule has 0 aliphatic carbocycles. The molecule has 1 aliphatic rings. The Morgan fingerprint density at radius 3 is 2.64 bits per heavy atom. The van der Waals surface area contributed by atoms with Crippen LogP contribution in [-0.2, 0) is 9.59 Å². The van der Waals surface area contributed by atoms with Crippen LogP contribution in [-0.4, -0.2) is 54.6 Å². The van der Waals surface area contributed by atoms with Gasteiger partial charge in [-0.2, -0.15) is 0 Å². The first-order valence-corrected chi connectivity index (χ1v) is 9.76. The second kappa shape index (κ2) is 10.4. The number of hydrogen-bond acceptors (Lipinski definition) is 4. The Kier molecular flexibility index (Phi) is 7.37. The Morgan fingerprint density at radius 1 is 1.14 bits per heavy atom. The van der Waals surface area contributed by atoms with Crippen LogP contribution in [0.1, 0.15) is 24.8 Å². The summed E-state index contributed by atoms with van der Waals surface area (Å²) in [6, 6.07) is 11.2. The van der Waals surface area contributed by atoms with E-state index in [0.717, 1.165) is 25.2 Å². The van der Waals surface area contributed by atoms with Crippen molar-refractivity contribution >= 4 is 23.7 Å². The molecule has 0 spiro atoms. The minimum atomic E-state index is -0.288. The number of anilines is 1. The van der Waals surface area contributed by atoms with Crippen LogP contribution in [0.2, 0.25) is 0 Å². The van der Waals surface area contributed by atoms with Crippen molar-refractivity contribution in [2.45, 2.75) is 19.3 Å². The van der Waals surface area contributed by atoms with Crippen molar-refractivity contribution in [2.75, 3.05) is 38.0 Å². The third kappa shape index (κ3) is 6.35. The molecule has 2 aromatic rings. The average molecular weight is 383 g/mol. The van der Waals surface area contributed by atoms with Crippen LogP contribution in [0.25, 0.3) is 6.08 Å². The molecule has 7 heteroatoms. The van der Waals surface area contributed by atoms with E-state index in [1.54, 1.807) is 17.0 Å². The predicted octanol–water partition coefficient (Wildman–Crippen LogP) is 1.22. The molecule has 3 rings (SSSR count). The van der Waals surface area contributed by atoms with E-state index < -0.39 is 0 Å². The summed E-state index contributed by atoms with van der Waals surface area (Å²) in [6.07, 6.45) is 8.43. The van der Waals surface area contributed by atoms with Gasteiger partial charge in [-0.15, -0.1) is 0 Å². The molecule has 1 aromatic heterocycles. The summed E-state index contributed by atoms with van der Waals surface area (Å²) in [7, 11) is 0. The molecule has 0 unspecified atom stereocenters. The standard InChI is InChI=1S/C21H26N4O3/c26-20(22-19-11-16-28-23-19)17-25(15-14-24-12-5-2-6-13-24)21(27)10-9-18-7-3-1-4-8-18/h1,3-4,7-11,16H,2,5-6,12-15,17H2,(H,22,23,26)/p+1/b10-9+. The van der Waals surface area contributed by atoms with Crippen LogP contribution in [0.4, 0.5) is 5.82 Å². The van der Waals surface area contributed by atoms with E-state index in [1.807, 2.05) is 30.3 Å². The number of likely N-dealkylation sites (tertiary alicyclic amines) is 1. The summed E-state index contributed by atoms with van der Waals surface area (Å²) < 4.78 is 4.72. The lowest BCUT2D eigenvalue weighted by atomic mass is 10.1. The SMILES string of the molecule is O=C(CN(CC[NH+]1CCCCC1)C(=O)/C=C/c1ccccc1)Nc1ccon1. The van der Waals surface area contributed by atoms with Crippen LogP contribution in [0, 0.1) is 0 Å². The number of carbonyl (C=O) groups excluding carboxylic acids is 2. The van der Waals surface area contributed by atoms with E-state index >= 15 is 0 Å². The molecular formula is C21H27N4O3+. The topological polar surface area (TPSA) is 79.9 Å². The van der Waals surface area contributed by atoms with Crippen molar-refractivity contribution in [1.82, 2.24) is 10.1 Å². The van der Waals surface area contributed by atoms with Gasteiger partial charge in [0.05, 0.1) is 26.2 Å². The van der Waals surface area contributed by atoms with Crippen LogP contribution < -0.4 is 10.2 Å². The Balaban J connectivity index is 1.61. The molecule has 148 valence electrons. The molecule has 2 heterocycles. The zero-order chi connectivity index (χ0) is 19.6. The average Bonchev–Trinajstić information content (AvgIpc) is 3.23. The third-order valence-corrected chi connectivity index (χ3v) is 4.87. The number of nitrogens with one attached hydrogen (secondary N) is 2. The highest BCUT2D eigenvalue weighted by molar-refractivity contribution is 5.97.